The zero-order valence-corrected chi connectivity index (χ0v) is 16.6. The van der Waals surface area contributed by atoms with E-state index in [0.717, 1.165) is 13.0 Å². The van der Waals surface area contributed by atoms with Gasteiger partial charge >= 0.3 is 0 Å². The topological polar surface area (TPSA) is 38.7 Å². The second-order valence-electron chi connectivity index (χ2n) is 6.93. The van der Waals surface area contributed by atoms with E-state index in [1.807, 2.05) is 6.92 Å². The van der Waals surface area contributed by atoms with Crippen LogP contribution in [0.1, 0.15) is 104 Å². The molecular weight excluding hydrogens is 300 g/mol. The molecule has 3 heteroatoms. The van der Waals surface area contributed by atoms with Crippen LogP contribution in [-0.4, -0.2) is 37.6 Å². The van der Waals surface area contributed by atoms with E-state index in [9.17, 15) is 0 Å². The van der Waals surface area contributed by atoms with Crippen molar-refractivity contribution in [1.82, 2.24) is 0 Å². The Balaban J connectivity index is 3.12. The quantitative estimate of drug-likeness (QED) is 0.280. The Labute approximate surface area is 151 Å². The van der Waals surface area contributed by atoms with Gasteiger partial charge in [0.2, 0.25) is 0 Å². The van der Waals surface area contributed by atoms with E-state index in [1.54, 1.807) is 0 Å². The summed E-state index contributed by atoms with van der Waals surface area (Å²) in [4.78, 5) is 0. The third kappa shape index (κ3) is 18.2. The molecule has 0 aliphatic rings. The molecule has 0 aromatic carbocycles. The van der Waals surface area contributed by atoms with Crippen LogP contribution in [0.25, 0.3) is 0 Å². The first kappa shape index (κ1) is 23.9. The molecule has 0 spiro atoms. The van der Waals surface area contributed by atoms with Gasteiger partial charge in [0.05, 0.1) is 13.2 Å². The van der Waals surface area contributed by atoms with Crippen LogP contribution in [0.15, 0.2) is 0 Å². The number of aliphatic hydroxyl groups is 1. The maximum absolute atomic E-state index is 9.16. The van der Waals surface area contributed by atoms with Crippen LogP contribution in [-0.2, 0) is 9.47 Å². The van der Waals surface area contributed by atoms with Crippen molar-refractivity contribution >= 4 is 0 Å². The Hall–Kier alpha value is -0.120. The highest BCUT2D eigenvalue weighted by Gasteiger charge is 2.06. The first-order valence-electron chi connectivity index (χ1n) is 10.6. The molecule has 0 aliphatic carbocycles. The fourth-order valence-corrected chi connectivity index (χ4v) is 2.95. The standard InChI is InChI=1S/C21H44O3/c1-3-5-6-7-8-9-10-11-12-13-14-15-16-17-18-24-21(19-22)20-23-4-2/h21-22H,3-20H2,1-2H3. The molecule has 0 fully saturated rings. The second-order valence-corrected chi connectivity index (χ2v) is 6.93. The van der Waals surface area contributed by atoms with Crippen molar-refractivity contribution in [1.29, 1.82) is 0 Å². The van der Waals surface area contributed by atoms with Gasteiger partial charge in [-0.25, -0.2) is 0 Å². The molecule has 0 rings (SSSR count). The second kappa shape index (κ2) is 20.9. The Morgan fingerprint density at radius 2 is 1.12 bits per heavy atom. The van der Waals surface area contributed by atoms with Gasteiger partial charge in [-0.05, 0) is 13.3 Å². The molecule has 0 aliphatic heterocycles. The lowest BCUT2D eigenvalue weighted by Crippen LogP contribution is -2.24. The van der Waals surface area contributed by atoms with Crippen LogP contribution in [0.3, 0.4) is 0 Å². The molecular formula is C21H44O3. The molecule has 0 saturated carbocycles. The number of hydrogen-bond acceptors (Lipinski definition) is 3. The molecule has 0 amide bonds. The summed E-state index contributed by atoms with van der Waals surface area (Å²) in [5.74, 6) is 0. The van der Waals surface area contributed by atoms with Crippen molar-refractivity contribution < 1.29 is 14.6 Å². The lowest BCUT2D eigenvalue weighted by molar-refractivity contribution is -0.0409. The zero-order valence-electron chi connectivity index (χ0n) is 16.6. The van der Waals surface area contributed by atoms with E-state index in [2.05, 4.69) is 6.92 Å². The molecule has 0 saturated heterocycles. The molecule has 24 heavy (non-hydrogen) atoms. The normalized spacial score (nSPS) is 12.6. The highest BCUT2D eigenvalue weighted by atomic mass is 16.5. The van der Waals surface area contributed by atoms with E-state index in [0.29, 0.717) is 13.2 Å². The van der Waals surface area contributed by atoms with Gasteiger partial charge in [0.25, 0.3) is 0 Å². The van der Waals surface area contributed by atoms with Crippen LogP contribution in [0, 0.1) is 0 Å². The third-order valence-electron chi connectivity index (χ3n) is 4.56. The molecule has 0 heterocycles. The summed E-state index contributed by atoms with van der Waals surface area (Å²) >= 11 is 0. The Morgan fingerprint density at radius 3 is 1.54 bits per heavy atom. The van der Waals surface area contributed by atoms with Crippen molar-refractivity contribution in [3.05, 3.63) is 0 Å². The fraction of sp³-hybridized carbons (Fsp3) is 1.00. The molecule has 146 valence electrons. The number of ether oxygens (including phenoxy) is 2. The minimum atomic E-state index is -0.146. The lowest BCUT2D eigenvalue weighted by atomic mass is 10.0. The van der Waals surface area contributed by atoms with Gasteiger partial charge in [0.1, 0.15) is 6.10 Å². The summed E-state index contributed by atoms with van der Waals surface area (Å²) in [6.45, 7) is 6.22. The van der Waals surface area contributed by atoms with Crippen LogP contribution in [0.2, 0.25) is 0 Å². The van der Waals surface area contributed by atoms with Crippen molar-refractivity contribution in [3.8, 4) is 0 Å². The number of unbranched alkanes of at least 4 members (excludes halogenated alkanes) is 13. The predicted molar refractivity (Wildman–Crippen MR) is 104 cm³/mol. The van der Waals surface area contributed by atoms with Gasteiger partial charge in [0.15, 0.2) is 0 Å². The van der Waals surface area contributed by atoms with E-state index in [1.165, 1.54) is 83.5 Å². The molecule has 1 atom stereocenters. The van der Waals surface area contributed by atoms with Crippen molar-refractivity contribution in [3.63, 3.8) is 0 Å². The zero-order chi connectivity index (χ0) is 17.7. The van der Waals surface area contributed by atoms with E-state index in [-0.39, 0.29) is 12.7 Å². The molecule has 0 aromatic rings. The Kier molecular flexibility index (Phi) is 20.8. The summed E-state index contributed by atoms with van der Waals surface area (Å²) in [7, 11) is 0. The van der Waals surface area contributed by atoms with Gasteiger partial charge in [-0.2, -0.15) is 0 Å². The molecule has 1 N–H and O–H groups in total. The smallest absolute Gasteiger partial charge is 0.104 e. The summed E-state index contributed by atoms with van der Waals surface area (Å²) < 4.78 is 10.9. The van der Waals surface area contributed by atoms with E-state index >= 15 is 0 Å². The van der Waals surface area contributed by atoms with Gasteiger partial charge < -0.3 is 14.6 Å². The van der Waals surface area contributed by atoms with E-state index in [4.69, 9.17) is 14.6 Å². The third-order valence-corrected chi connectivity index (χ3v) is 4.56. The molecule has 3 nitrogen and oxygen atoms in total. The summed E-state index contributed by atoms with van der Waals surface area (Å²) in [6.07, 6.45) is 19.0. The number of rotatable bonds is 20. The van der Waals surface area contributed by atoms with Crippen molar-refractivity contribution in [2.24, 2.45) is 0 Å². The molecule has 0 aromatic heterocycles. The average Bonchev–Trinajstić information content (AvgIpc) is 2.61. The first-order valence-corrected chi connectivity index (χ1v) is 10.6. The van der Waals surface area contributed by atoms with Crippen LogP contribution < -0.4 is 0 Å². The molecule has 0 bridgehead atoms. The van der Waals surface area contributed by atoms with E-state index < -0.39 is 0 Å². The summed E-state index contributed by atoms with van der Waals surface area (Å²) in [5, 5.41) is 9.16. The minimum absolute atomic E-state index is 0.0542. The van der Waals surface area contributed by atoms with Gasteiger partial charge in [-0.15, -0.1) is 0 Å². The van der Waals surface area contributed by atoms with Crippen LogP contribution in [0.4, 0.5) is 0 Å². The van der Waals surface area contributed by atoms with Gasteiger partial charge in [0, 0.05) is 13.2 Å². The highest BCUT2D eigenvalue weighted by molar-refractivity contribution is 4.54. The van der Waals surface area contributed by atoms with Crippen LogP contribution >= 0.6 is 0 Å². The molecule has 0 radical (unpaired) electrons. The summed E-state index contributed by atoms with van der Waals surface area (Å²) in [5.41, 5.74) is 0. The first-order chi connectivity index (χ1) is 11.8. The Morgan fingerprint density at radius 1 is 0.667 bits per heavy atom. The molecule has 1 unspecified atom stereocenters. The maximum Gasteiger partial charge on any atom is 0.104 e. The average molecular weight is 345 g/mol. The van der Waals surface area contributed by atoms with Gasteiger partial charge in [-0.1, -0.05) is 90.4 Å². The van der Waals surface area contributed by atoms with Gasteiger partial charge in [-0.3, -0.25) is 0 Å². The largest absolute Gasteiger partial charge is 0.394 e. The minimum Gasteiger partial charge on any atom is -0.394 e. The SMILES string of the molecule is CCCCCCCCCCCCCCCCOC(CO)COCC. The van der Waals surface area contributed by atoms with Crippen molar-refractivity contribution in [2.75, 3.05) is 26.4 Å². The monoisotopic (exact) mass is 344 g/mol. The van der Waals surface area contributed by atoms with Crippen LogP contribution in [0.5, 0.6) is 0 Å². The highest BCUT2D eigenvalue weighted by Crippen LogP contribution is 2.13. The Bertz CT molecular complexity index is 221. The predicted octanol–water partition coefficient (Wildman–Crippen LogP) is 5.88. The summed E-state index contributed by atoms with van der Waals surface area (Å²) in [6, 6.07) is 0. The maximum atomic E-state index is 9.16. The number of aliphatic hydroxyl groups excluding tert-OH is 1. The lowest BCUT2D eigenvalue weighted by Gasteiger charge is -2.14. The fourth-order valence-electron chi connectivity index (χ4n) is 2.95. The van der Waals surface area contributed by atoms with Crippen molar-refractivity contribution in [2.45, 2.75) is 110 Å². The number of hydrogen-bond donors (Lipinski definition) is 1.